The van der Waals surface area contributed by atoms with E-state index in [1.54, 1.807) is 6.20 Å². The molecule has 0 spiro atoms. The molecule has 0 aromatic carbocycles. The third kappa shape index (κ3) is 3.98. The fraction of sp³-hybridized carbons (Fsp3) is 0.500. The largest absolute Gasteiger partial charge is 0.469 e. The minimum Gasteiger partial charge on any atom is -0.469 e. The third-order valence-corrected chi connectivity index (χ3v) is 2.60. The molecule has 1 heterocycles. The number of hydrogen-bond acceptors (Lipinski definition) is 4. The summed E-state index contributed by atoms with van der Waals surface area (Å²) in [6, 6.07) is 3.92. The number of nitrogens with zero attached hydrogens (tertiary/aromatic N) is 1. The number of methoxy groups -OCH3 is 1. The molecule has 0 fully saturated rings. The van der Waals surface area contributed by atoms with E-state index in [2.05, 4.69) is 9.72 Å². The minimum absolute atomic E-state index is 0.165. The van der Waals surface area contributed by atoms with Crippen molar-refractivity contribution in [2.24, 2.45) is 5.73 Å². The molecular weight excluding hydrogens is 204 g/mol. The highest BCUT2D eigenvalue weighted by molar-refractivity contribution is 5.68. The zero-order valence-electron chi connectivity index (χ0n) is 9.56. The molecule has 4 nitrogen and oxygen atoms in total. The van der Waals surface area contributed by atoms with E-state index < -0.39 is 0 Å². The molecule has 0 aliphatic heterocycles. The van der Waals surface area contributed by atoms with Crippen LogP contribution in [0.15, 0.2) is 24.5 Å². The Bertz CT molecular complexity index is 314. The maximum absolute atomic E-state index is 11.0. The molecular formula is C12H18N2O2. The Labute approximate surface area is 95.8 Å². The Morgan fingerprint density at radius 2 is 2.44 bits per heavy atom. The number of rotatable bonds is 6. The highest BCUT2D eigenvalue weighted by Gasteiger charge is 2.10. The fourth-order valence-electron chi connectivity index (χ4n) is 1.63. The summed E-state index contributed by atoms with van der Waals surface area (Å²) in [6.45, 7) is 0.576. The van der Waals surface area contributed by atoms with Crippen molar-refractivity contribution in [1.82, 2.24) is 4.98 Å². The molecule has 0 radical (unpaired) electrons. The Balaban J connectivity index is 2.41. The molecule has 1 rings (SSSR count). The van der Waals surface area contributed by atoms with Gasteiger partial charge in [0.25, 0.3) is 0 Å². The Hall–Kier alpha value is -1.42. The average molecular weight is 222 g/mol. The zero-order valence-corrected chi connectivity index (χ0v) is 9.56. The summed E-state index contributed by atoms with van der Waals surface area (Å²) in [5.41, 5.74) is 6.84. The molecule has 2 N–H and O–H groups in total. The van der Waals surface area contributed by atoms with Gasteiger partial charge in [0.15, 0.2) is 0 Å². The molecule has 0 amide bonds. The summed E-state index contributed by atoms with van der Waals surface area (Å²) in [5.74, 6) is 0.111. The van der Waals surface area contributed by atoms with Crippen LogP contribution in [0.4, 0.5) is 0 Å². The number of carbonyl (C=O) groups is 1. The maximum Gasteiger partial charge on any atom is 0.305 e. The molecule has 0 bridgehead atoms. The van der Waals surface area contributed by atoms with Crippen LogP contribution in [0, 0.1) is 0 Å². The van der Waals surface area contributed by atoms with Crippen molar-refractivity contribution in [3.63, 3.8) is 0 Å². The summed E-state index contributed by atoms with van der Waals surface area (Å²) in [6.07, 6.45) is 5.70. The van der Waals surface area contributed by atoms with E-state index in [9.17, 15) is 4.79 Å². The molecule has 1 aromatic heterocycles. The lowest BCUT2D eigenvalue weighted by molar-refractivity contribution is -0.140. The van der Waals surface area contributed by atoms with Gasteiger partial charge in [0, 0.05) is 18.8 Å². The van der Waals surface area contributed by atoms with Crippen LogP contribution in [0.2, 0.25) is 0 Å². The van der Waals surface area contributed by atoms with E-state index >= 15 is 0 Å². The van der Waals surface area contributed by atoms with Crippen molar-refractivity contribution >= 4 is 5.97 Å². The van der Waals surface area contributed by atoms with Gasteiger partial charge in [-0.25, -0.2) is 0 Å². The van der Waals surface area contributed by atoms with Crippen molar-refractivity contribution in [2.75, 3.05) is 13.7 Å². The van der Waals surface area contributed by atoms with Gasteiger partial charge < -0.3 is 10.5 Å². The Kier molecular flexibility index (Phi) is 5.50. The van der Waals surface area contributed by atoms with E-state index in [1.165, 1.54) is 7.11 Å². The molecule has 16 heavy (non-hydrogen) atoms. The van der Waals surface area contributed by atoms with Gasteiger partial charge in [-0.05, 0) is 36.9 Å². The number of carbonyl (C=O) groups excluding carboxylic acids is 1. The second kappa shape index (κ2) is 6.95. The van der Waals surface area contributed by atoms with Gasteiger partial charge in [-0.15, -0.1) is 0 Å². The number of nitrogens with two attached hydrogens (primary N) is 1. The average Bonchev–Trinajstić information content (AvgIpc) is 2.35. The van der Waals surface area contributed by atoms with Crippen LogP contribution in [-0.4, -0.2) is 24.6 Å². The first-order valence-corrected chi connectivity index (χ1v) is 5.44. The van der Waals surface area contributed by atoms with E-state index in [0.717, 1.165) is 18.4 Å². The minimum atomic E-state index is -0.165. The van der Waals surface area contributed by atoms with Crippen LogP contribution in [0.5, 0.6) is 0 Å². The second-order valence-electron chi connectivity index (χ2n) is 3.69. The number of hydrogen-bond donors (Lipinski definition) is 1. The fourth-order valence-corrected chi connectivity index (χ4v) is 1.63. The number of pyridine rings is 1. The molecule has 4 heteroatoms. The lowest BCUT2D eigenvalue weighted by Gasteiger charge is -2.13. The topological polar surface area (TPSA) is 65.2 Å². The van der Waals surface area contributed by atoms with Gasteiger partial charge in [0.05, 0.1) is 7.11 Å². The summed E-state index contributed by atoms with van der Waals surface area (Å²) in [7, 11) is 1.41. The first-order valence-electron chi connectivity index (χ1n) is 5.44. The van der Waals surface area contributed by atoms with Gasteiger partial charge in [0.1, 0.15) is 0 Å². The third-order valence-electron chi connectivity index (χ3n) is 2.60. The van der Waals surface area contributed by atoms with Crippen molar-refractivity contribution < 1.29 is 9.53 Å². The van der Waals surface area contributed by atoms with Gasteiger partial charge in [-0.1, -0.05) is 6.07 Å². The molecule has 0 saturated heterocycles. The number of esters is 1. The highest BCUT2D eigenvalue weighted by atomic mass is 16.5. The van der Waals surface area contributed by atoms with Crippen LogP contribution in [0.3, 0.4) is 0 Å². The Morgan fingerprint density at radius 1 is 1.62 bits per heavy atom. The molecule has 0 saturated carbocycles. The second-order valence-corrected chi connectivity index (χ2v) is 3.69. The van der Waals surface area contributed by atoms with Crippen molar-refractivity contribution in [2.45, 2.75) is 25.2 Å². The first-order chi connectivity index (χ1) is 7.77. The van der Waals surface area contributed by atoms with E-state index in [0.29, 0.717) is 13.0 Å². The first kappa shape index (κ1) is 12.6. The monoisotopic (exact) mass is 222 g/mol. The maximum atomic E-state index is 11.0. The highest BCUT2D eigenvalue weighted by Crippen LogP contribution is 2.19. The SMILES string of the molecule is COC(=O)CCCC(CN)c1cccnc1. The molecule has 0 aliphatic rings. The number of ether oxygens (including phenoxy) is 1. The van der Waals surface area contributed by atoms with E-state index in [4.69, 9.17) is 5.73 Å². The molecule has 0 aliphatic carbocycles. The lowest BCUT2D eigenvalue weighted by atomic mass is 9.95. The quantitative estimate of drug-likeness (QED) is 0.740. The van der Waals surface area contributed by atoms with Crippen molar-refractivity contribution in [3.05, 3.63) is 30.1 Å². The normalized spacial score (nSPS) is 12.1. The van der Waals surface area contributed by atoms with Crippen LogP contribution in [0.25, 0.3) is 0 Å². The lowest BCUT2D eigenvalue weighted by Crippen LogP contribution is -2.13. The summed E-state index contributed by atoms with van der Waals surface area (Å²) in [5, 5.41) is 0. The van der Waals surface area contributed by atoms with Crippen LogP contribution in [-0.2, 0) is 9.53 Å². The summed E-state index contributed by atoms with van der Waals surface area (Å²) >= 11 is 0. The zero-order chi connectivity index (χ0) is 11.8. The molecule has 88 valence electrons. The van der Waals surface area contributed by atoms with Gasteiger partial charge in [-0.3, -0.25) is 9.78 Å². The predicted molar refractivity (Wildman–Crippen MR) is 61.9 cm³/mol. The molecule has 1 unspecified atom stereocenters. The van der Waals surface area contributed by atoms with Crippen LogP contribution >= 0.6 is 0 Å². The van der Waals surface area contributed by atoms with Gasteiger partial charge in [0.2, 0.25) is 0 Å². The Morgan fingerprint density at radius 3 is 3.00 bits per heavy atom. The molecule has 1 aromatic rings. The molecule has 1 atom stereocenters. The number of aromatic nitrogens is 1. The van der Waals surface area contributed by atoms with Gasteiger partial charge >= 0.3 is 5.97 Å². The van der Waals surface area contributed by atoms with E-state index in [-0.39, 0.29) is 11.9 Å². The van der Waals surface area contributed by atoms with Crippen molar-refractivity contribution in [1.29, 1.82) is 0 Å². The predicted octanol–water partition coefficient (Wildman–Crippen LogP) is 1.47. The standard InChI is InChI=1S/C12H18N2O2/c1-16-12(15)6-2-4-10(8-13)11-5-3-7-14-9-11/h3,5,7,9-10H,2,4,6,8,13H2,1H3. The van der Waals surface area contributed by atoms with Crippen molar-refractivity contribution in [3.8, 4) is 0 Å². The summed E-state index contributed by atoms with van der Waals surface area (Å²) in [4.78, 5) is 15.0. The smallest absolute Gasteiger partial charge is 0.305 e. The van der Waals surface area contributed by atoms with Crippen LogP contribution in [0.1, 0.15) is 30.7 Å². The summed E-state index contributed by atoms with van der Waals surface area (Å²) < 4.78 is 4.59. The van der Waals surface area contributed by atoms with E-state index in [1.807, 2.05) is 18.3 Å². The van der Waals surface area contributed by atoms with Gasteiger partial charge in [-0.2, -0.15) is 0 Å². The van der Waals surface area contributed by atoms with Crippen LogP contribution < -0.4 is 5.73 Å².